The Kier molecular flexibility index (Phi) is 9.50. The highest BCUT2D eigenvalue weighted by molar-refractivity contribution is 7.90. The molecule has 1 amide bonds. The molecule has 1 aromatic heterocycles. The van der Waals surface area contributed by atoms with Gasteiger partial charge in [-0.05, 0) is 93.3 Å². The Balaban J connectivity index is 1.38. The van der Waals surface area contributed by atoms with Crippen LogP contribution in [-0.4, -0.2) is 84.6 Å². The van der Waals surface area contributed by atoms with Crippen LogP contribution < -0.4 is 15.7 Å². The fourth-order valence-electron chi connectivity index (χ4n) is 6.88. The molecule has 2 aliphatic rings. The molecule has 4 aromatic rings. The zero-order valence-electron chi connectivity index (χ0n) is 26.7. The number of carbonyl (C=O) groups is 1. The van der Waals surface area contributed by atoms with Crippen molar-refractivity contribution in [2.24, 2.45) is 0 Å². The molecule has 47 heavy (non-hydrogen) atoms. The summed E-state index contributed by atoms with van der Waals surface area (Å²) in [6.07, 6.45) is 4.06. The van der Waals surface area contributed by atoms with E-state index in [-0.39, 0.29) is 33.4 Å². The molecule has 0 saturated carbocycles. The summed E-state index contributed by atoms with van der Waals surface area (Å²) >= 11 is 0. The van der Waals surface area contributed by atoms with Gasteiger partial charge in [0.1, 0.15) is 11.8 Å². The average Bonchev–Trinajstić information content (AvgIpc) is 3.68. The molecule has 1 unspecified atom stereocenters. The summed E-state index contributed by atoms with van der Waals surface area (Å²) in [5.41, 5.74) is 0.151. The van der Waals surface area contributed by atoms with Crippen LogP contribution in [-0.2, 0) is 14.8 Å². The maximum absolute atomic E-state index is 14.5. The second-order valence-corrected chi connectivity index (χ2v) is 14.1. The molecule has 0 bridgehead atoms. The van der Waals surface area contributed by atoms with E-state index in [4.69, 9.17) is 4.74 Å². The number of nitrogens with zero attached hydrogens (tertiary/aromatic N) is 5. The lowest BCUT2D eigenvalue weighted by Gasteiger charge is -2.33. The molecular weight excluding hydrogens is 616 g/mol. The normalized spacial score (nSPS) is 18.3. The molecule has 0 radical (unpaired) electrons. The van der Waals surface area contributed by atoms with Crippen molar-refractivity contribution in [3.8, 4) is 11.8 Å². The van der Waals surface area contributed by atoms with Crippen LogP contribution in [0.5, 0.6) is 5.75 Å². The Morgan fingerprint density at radius 3 is 2.34 bits per heavy atom. The van der Waals surface area contributed by atoms with Gasteiger partial charge < -0.3 is 19.9 Å². The number of piperidine rings is 1. The molecule has 12 heteroatoms. The summed E-state index contributed by atoms with van der Waals surface area (Å²) in [6, 6.07) is 20.5. The van der Waals surface area contributed by atoms with E-state index in [0.29, 0.717) is 30.4 Å². The molecule has 0 spiro atoms. The van der Waals surface area contributed by atoms with Gasteiger partial charge >= 0.3 is 5.69 Å². The minimum atomic E-state index is -4.41. The van der Waals surface area contributed by atoms with E-state index in [2.05, 4.69) is 23.2 Å². The summed E-state index contributed by atoms with van der Waals surface area (Å²) in [5, 5.41) is 13.5. The predicted octanol–water partition coefficient (Wildman–Crippen LogP) is 3.57. The molecular formula is C35H40N6O5S. The molecule has 3 aromatic carbocycles. The lowest BCUT2D eigenvalue weighted by molar-refractivity contribution is -0.132. The third kappa shape index (κ3) is 6.43. The van der Waals surface area contributed by atoms with Crippen molar-refractivity contribution in [2.75, 3.05) is 39.8 Å². The van der Waals surface area contributed by atoms with Gasteiger partial charge in [-0.25, -0.2) is 13.2 Å². The standard InChI is InChI=1S/C35H40N6O5S/c1-3-18-38-19-15-27(16-20-38)37-28-17-21-39(24-28)34(42)33(26-7-5-4-6-8-26)40-32-22-25(23-36)9-14-31(32)41(35(40)43)47(44,45)30-12-10-29(46-2)11-13-30/h4-14,22,27-28,33,37H,3,15-21,24H2,1-2H3/t28-,33?/m0/s1. The zero-order valence-corrected chi connectivity index (χ0v) is 27.5. The van der Waals surface area contributed by atoms with Crippen molar-refractivity contribution in [1.29, 1.82) is 5.26 Å². The minimum absolute atomic E-state index is 0.0777. The van der Waals surface area contributed by atoms with Gasteiger partial charge in [-0.3, -0.25) is 9.36 Å². The largest absolute Gasteiger partial charge is 0.497 e. The molecule has 1 N–H and O–H groups in total. The number of ether oxygens (including phenoxy) is 1. The lowest BCUT2D eigenvalue weighted by Crippen LogP contribution is -2.48. The number of nitrogens with one attached hydrogen (secondary N) is 1. The third-order valence-corrected chi connectivity index (χ3v) is 11.0. The van der Waals surface area contributed by atoms with Gasteiger partial charge in [-0.1, -0.05) is 37.3 Å². The van der Waals surface area contributed by atoms with Gasteiger partial charge in [0.25, 0.3) is 15.9 Å². The van der Waals surface area contributed by atoms with Gasteiger partial charge in [0, 0.05) is 25.2 Å². The first kappa shape index (κ1) is 32.5. The number of hydrogen-bond donors (Lipinski definition) is 1. The Morgan fingerprint density at radius 2 is 1.68 bits per heavy atom. The Bertz CT molecular complexity index is 1940. The molecule has 6 rings (SSSR count). The number of hydrogen-bond acceptors (Lipinski definition) is 8. The molecule has 246 valence electrons. The third-order valence-electron chi connectivity index (χ3n) is 9.27. The molecule has 11 nitrogen and oxygen atoms in total. The summed E-state index contributed by atoms with van der Waals surface area (Å²) in [7, 11) is -2.93. The Morgan fingerprint density at radius 1 is 0.979 bits per heavy atom. The number of fused-ring (bicyclic) bond motifs is 1. The lowest BCUT2D eigenvalue weighted by atomic mass is 10.0. The fraction of sp³-hybridized carbons (Fsp3) is 0.400. The fourth-order valence-corrected chi connectivity index (χ4v) is 8.27. The van der Waals surface area contributed by atoms with Gasteiger partial charge in [0.15, 0.2) is 0 Å². The number of nitriles is 1. The highest BCUT2D eigenvalue weighted by atomic mass is 32.2. The Hall–Kier alpha value is -4.44. The second-order valence-electron chi connectivity index (χ2n) is 12.3. The van der Waals surface area contributed by atoms with Crippen molar-refractivity contribution in [3.05, 3.63) is 94.4 Å². The average molecular weight is 657 g/mol. The van der Waals surface area contributed by atoms with E-state index in [1.54, 1.807) is 29.2 Å². The van der Waals surface area contributed by atoms with Gasteiger partial charge in [-0.15, -0.1) is 0 Å². The molecule has 3 heterocycles. The summed E-state index contributed by atoms with van der Waals surface area (Å²) in [6.45, 7) is 6.44. The number of benzene rings is 3. The SMILES string of the molecule is CCCN1CCC(N[C@H]2CCN(C(=O)C(c3ccccc3)n3c(=O)n(S(=O)(=O)c4ccc(OC)cc4)c4ccc(C#N)cc43)C2)CC1. The quantitative estimate of drug-likeness (QED) is 0.274. The minimum Gasteiger partial charge on any atom is -0.497 e. The van der Waals surface area contributed by atoms with Crippen molar-refractivity contribution in [2.45, 2.75) is 55.6 Å². The van der Waals surface area contributed by atoms with Crippen LogP contribution in [0.2, 0.25) is 0 Å². The molecule has 0 aliphatic carbocycles. The highest BCUT2D eigenvalue weighted by Gasteiger charge is 2.37. The van der Waals surface area contributed by atoms with Gasteiger partial charge in [-0.2, -0.15) is 9.23 Å². The van der Waals surface area contributed by atoms with Crippen molar-refractivity contribution < 1.29 is 17.9 Å². The van der Waals surface area contributed by atoms with E-state index in [1.165, 1.54) is 54.1 Å². The van der Waals surface area contributed by atoms with Crippen molar-refractivity contribution in [1.82, 2.24) is 23.7 Å². The van der Waals surface area contributed by atoms with Crippen molar-refractivity contribution >= 4 is 27.0 Å². The molecule has 2 fully saturated rings. The van der Waals surface area contributed by atoms with Crippen LogP contribution in [0.4, 0.5) is 0 Å². The maximum Gasteiger partial charge on any atom is 0.344 e. The molecule has 2 aliphatic heterocycles. The number of aromatic nitrogens is 2. The number of imidazole rings is 1. The summed E-state index contributed by atoms with van der Waals surface area (Å²) < 4.78 is 35.2. The van der Waals surface area contributed by atoms with E-state index < -0.39 is 21.8 Å². The monoisotopic (exact) mass is 656 g/mol. The van der Waals surface area contributed by atoms with E-state index >= 15 is 0 Å². The van der Waals surface area contributed by atoms with E-state index in [1.807, 2.05) is 6.07 Å². The van der Waals surface area contributed by atoms with Crippen LogP contribution in [0.3, 0.4) is 0 Å². The first-order valence-corrected chi connectivity index (χ1v) is 17.6. The highest BCUT2D eigenvalue weighted by Crippen LogP contribution is 2.30. The topological polar surface area (TPSA) is 130 Å². The molecule has 2 atom stereocenters. The first-order valence-electron chi connectivity index (χ1n) is 16.1. The number of amides is 1. The molecule has 2 saturated heterocycles. The predicted molar refractivity (Wildman–Crippen MR) is 179 cm³/mol. The maximum atomic E-state index is 14.5. The van der Waals surface area contributed by atoms with Gasteiger partial charge in [0.05, 0.1) is 34.7 Å². The smallest absolute Gasteiger partial charge is 0.344 e. The zero-order chi connectivity index (χ0) is 33.1. The van der Waals surface area contributed by atoms with Gasteiger partial charge in [0.2, 0.25) is 0 Å². The first-order chi connectivity index (χ1) is 22.7. The summed E-state index contributed by atoms with van der Waals surface area (Å²) in [4.78, 5) is 33.1. The number of rotatable bonds is 10. The van der Waals surface area contributed by atoms with E-state index in [9.17, 15) is 23.3 Å². The van der Waals surface area contributed by atoms with Crippen LogP contribution in [0.1, 0.15) is 49.8 Å². The number of carbonyl (C=O) groups excluding carboxylic acids is 1. The number of likely N-dealkylation sites (tertiary alicyclic amines) is 2. The summed E-state index contributed by atoms with van der Waals surface area (Å²) in [5.74, 6) is 0.163. The van der Waals surface area contributed by atoms with E-state index in [0.717, 1.165) is 49.3 Å². The van der Waals surface area contributed by atoms with Crippen LogP contribution in [0.15, 0.2) is 82.5 Å². The van der Waals surface area contributed by atoms with Crippen molar-refractivity contribution in [3.63, 3.8) is 0 Å². The van der Waals surface area contributed by atoms with Crippen LogP contribution in [0, 0.1) is 11.3 Å². The Labute approximate surface area is 275 Å². The van der Waals surface area contributed by atoms with Crippen LogP contribution in [0.25, 0.3) is 11.0 Å². The number of methoxy groups -OCH3 is 1. The van der Waals surface area contributed by atoms with Crippen LogP contribution >= 0.6 is 0 Å². The second kappa shape index (κ2) is 13.7.